The van der Waals surface area contributed by atoms with Crippen LogP contribution in [0.4, 0.5) is 0 Å². The first kappa shape index (κ1) is 24.9. The Morgan fingerprint density at radius 1 is 1.12 bits per heavy atom. The van der Waals surface area contributed by atoms with Crippen molar-refractivity contribution < 1.29 is 14.3 Å². The van der Waals surface area contributed by atoms with Gasteiger partial charge >= 0.3 is 5.97 Å². The maximum Gasteiger partial charge on any atom is 0.306 e. The smallest absolute Gasteiger partial charge is 0.306 e. The highest BCUT2D eigenvalue weighted by molar-refractivity contribution is 9.10. The molecule has 2 atom stereocenters. The highest BCUT2D eigenvalue weighted by Gasteiger charge is 2.47. The third-order valence-corrected chi connectivity index (χ3v) is 8.03. The lowest BCUT2D eigenvalue weighted by Crippen LogP contribution is -2.49. The van der Waals surface area contributed by atoms with Crippen LogP contribution >= 0.6 is 15.9 Å². The topological polar surface area (TPSA) is 49.9 Å². The molecule has 182 valence electrons. The Morgan fingerprint density at radius 2 is 1.85 bits per heavy atom. The van der Waals surface area contributed by atoms with E-state index in [2.05, 4.69) is 74.3 Å². The molecule has 1 saturated carbocycles. The molecule has 34 heavy (non-hydrogen) atoms. The molecule has 5 nitrogen and oxygen atoms in total. The van der Waals surface area contributed by atoms with Gasteiger partial charge < -0.3 is 14.5 Å². The van der Waals surface area contributed by atoms with Crippen molar-refractivity contribution in [1.29, 1.82) is 0 Å². The number of carbonyl (C=O) groups excluding carboxylic acids is 2. The minimum atomic E-state index is -0.158. The second-order valence-corrected chi connectivity index (χ2v) is 10.9. The lowest BCUT2D eigenvalue weighted by atomic mass is 9.73. The predicted octanol–water partition coefficient (Wildman–Crippen LogP) is 5.04. The van der Waals surface area contributed by atoms with Crippen LogP contribution in [-0.4, -0.2) is 61.0 Å². The van der Waals surface area contributed by atoms with Gasteiger partial charge in [-0.1, -0.05) is 58.4 Å². The van der Waals surface area contributed by atoms with Crippen molar-refractivity contribution in [3.63, 3.8) is 0 Å². The number of nitrogens with zero attached hydrogens (tertiary/aromatic N) is 2. The Morgan fingerprint density at radius 3 is 2.50 bits per heavy atom. The summed E-state index contributed by atoms with van der Waals surface area (Å²) in [7, 11) is 1.44. The number of piperidine rings is 1. The number of methoxy groups -OCH3 is 1. The first-order chi connectivity index (χ1) is 16.4. The summed E-state index contributed by atoms with van der Waals surface area (Å²) in [5, 5.41) is 0. The van der Waals surface area contributed by atoms with Crippen molar-refractivity contribution in [3.05, 3.63) is 70.2 Å². The van der Waals surface area contributed by atoms with Crippen molar-refractivity contribution >= 4 is 27.8 Å². The molecule has 6 heteroatoms. The quantitative estimate of drug-likeness (QED) is 0.429. The molecule has 0 radical (unpaired) electrons. The fourth-order valence-corrected chi connectivity index (χ4v) is 5.93. The second-order valence-electron chi connectivity index (χ2n) is 9.94. The Labute approximate surface area is 211 Å². The lowest BCUT2D eigenvalue weighted by Gasteiger charge is -2.45. The maximum atomic E-state index is 12.9. The van der Waals surface area contributed by atoms with Crippen molar-refractivity contribution in [3.8, 4) is 0 Å². The zero-order valence-corrected chi connectivity index (χ0v) is 21.8. The Kier molecular flexibility index (Phi) is 8.10. The van der Waals surface area contributed by atoms with Crippen LogP contribution in [-0.2, 0) is 20.7 Å². The third-order valence-electron chi connectivity index (χ3n) is 7.54. The average molecular weight is 528 g/mol. The number of likely N-dealkylation sites (tertiary alicyclic amines) is 1. The van der Waals surface area contributed by atoms with Crippen molar-refractivity contribution in [2.45, 2.75) is 51.0 Å². The molecule has 1 heterocycles. The van der Waals surface area contributed by atoms with Crippen LogP contribution in [0.25, 0.3) is 0 Å². The van der Waals surface area contributed by atoms with E-state index in [0.29, 0.717) is 12.3 Å². The molecule has 2 aromatic rings. The molecule has 2 fully saturated rings. The van der Waals surface area contributed by atoms with Crippen LogP contribution in [0.1, 0.15) is 49.7 Å². The fraction of sp³-hybridized carbons (Fsp3) is 0.500. The van der Waals surface area contributed by atoms with Crippen LogP contribution in [0.5, 0.6) is 0 Å². The van der Waals surface area contributed by atoms with Crippen LogP contribution in [0.3, 0.4) is 0 Å². The molecular formula is C28H35BrN2O3. The Bertz CT molecular complexity index is 988. The van der Waals surface area contributed by atoms with E-state index in [1.54, 1.807) is 6.92 Å². The van der Waals surface area contributed by atoms with E-state index < -0.39 is 0 Å². The summed E-state index contributed by atoms with van der Waals surface area (Å²) in [4.78, 5) is 29.0. The van der Waals surface area contributed by atoms with Crippen LogP contribution in [0, 0.1) is 5.41 Å². The van der Waals surface area contributed by atoms with Crippen LogP contribution in [0.2, 0.25) is 0 Å². The van der Waals surface area contributed by atoms with Crippen molar-refractivity contribution in [2.24, 2.45) is 5.41 Å². The molecule has 4 rings (SSSR count). The number of amides is 1. The van der Waals surface area contributed by atoms with Crippen molar-refractivity contribution in [1.82, 2.24) is 9.80 Å². The number of hydrogen-bond donors (Lipinski definition) is 0. The Balaban J connectivity index is 1.49. The SMILES string of the molecule is COC(=O)CCN1CCC(Cc2cccc(Br)c2)(CN(C(C)=O)[C@@H]2CC2c2ccccc2)CC1. The Hall–Kier alpha value is -2.18. The van der Waals surface area contributed by atoms with Crippen LogP contribution in [0.15, 0.2) is 59.1 Å². The molecule has 1 amide bonds. The van der Waals surface area contributed by atoms with E-state index in [-0.39, 0.29) is 23.3 Å². The number of carbonyl (C=O) groups is 2. The summed E-state index contributed by atoms with van der Waals surface area (Å²) in [5.74, 6) is 0.452. The van der Waals surface area contributed by atoms with Crippen molar-refractivity contribution in [2.75, 3.05) is 33.3 Å². The molecule has 2 aliphatic rings. The standard InChI is InChI=1S/C28H35BrN2O3/c1-21(32)31(26-18-25(26)23-8-4-3-5-9-23)20-28(19-22-7-6-10-24(29)17-22)12-15-30(16-13-28)14-11-27(33)34-2/h3-10,17,25-26H,11-16,18-20H2,1-2H3/t25?,26-/m1/s1. The molecule has 0 aromatic heterocycles. The predicted molar refractivity (Wildman–Crippen MR) is 138 cm³/mol. The summed E-state index contributed by atoms with van der Waals surface area (Å²) in [5.41, 5.74) is 2.66. The molecule has 0 bridgehead atoms. The summed E-state index contributed by atoms with van der Waals surface area (Å²) in [6.07, 6.45) is 4.43. The van der Waals surface area contributed by atoms with Gasteiger partial charge in [-0.15, -0.1) is 0 Å². The van der Waals surface area contributed by atoms with E-state index in [1.807, 2.05) is 6.07 Å². The van der Waals surface area contributed by atoms with E-state index in [4.69, 9.17) is 4.74 Å². The minimum absolute atomic E-state index is 0.0258. The van der Waals surface area contributed by atoms with Gasteiger partial charge in [-0.05, 0) is 67.4 Å². The van der Waals surface area contributed by atoms with Gasteiger partial charge in [0.15, 0.2) is 0 Å². The molecule has 1 saturated heterocycles. The number of rotatable bonds is 9. The average Bonchev–Trinajstić information content (AvgIpc) is 3.63. The van der Waals surface area contributed by atoms with Gasteiger partial charge in [0.1, 0.15) is 0 Å². The van der Waals surface area contributed by atoms with Gasteiger partial charge in [-0.2, -0.15) is 0 Å². The van der Waals surface area contributed by atoms with E-state index in [9.17, 15) is 9.59 Å². The molecule has 0 spiro atoms. The normalized spacial score (nSPS) is 21.6. The van der Waals surface area contributed by atoms with Gasteiger partial charge in [-0.25, -0.2) is 0 Å². The zero-order valence-electron chi connectivity index (χ0n) is 20.2. The van der Waals surface area contributed by atoms with Crippen LogP contribution < -0.4 is 0 Å². The van der Waals surface area contributed by atoms with Gasteiger partial charge in [-0.3, -0.25) is 9.59 Å². The van der Waals surface area contributed by atoms with E-state index in [1.165, 1.54) is 18.2 Å². The summed E-state index contributed by atoms with van der Waals surface area (Å²) >= 11 is 3.62. The number of esters is 1. The lowest BCUT2D eigenvalue weighted by molar-refractivity contribution is -0.141. The van der Waals surface area contributed by atoms with Gasteiger partial charge in [0.05, 0.1) is 13.5 Å². The first-order valence-corrected chi connectivity index (χ1v) is 13.0. The van der Waals surface area contributed by atoms with Gasteiger partial charge in [0, 0.05) is 36.4 Å². The molecule has 1 unspecified atom stereocenters. The van der Waals surface area contributed by atoms with E-state index >= 15 is 0 Å². The fourth-order valence-electron chi connectivity index (χ4n) is 5.48. The van der Waals surface area contributed by atoms with Gasteiger partial charge in [0.2, 0.25) is 5.91 Å². The molecule has 1 aliphatic heterocycles. The number of benzene rings is 2. The first-order valence-electron chi connectivity index (χ1n) is 12.2. The summed E-state index contributed by atoms with van der Waals surface area (Å²) < 4.78 is 5.91. The van der Waals surface area contributed by atoms with Gasteiger partial charge in [0.25, 0.3) is 0 Å². The largest absolute Gasteiger partial charge is 0.469 e. The summed E-state index contributed by atoms with van der Waals surface area (Å²) in [6.45, 7) is 5.11. The third kappa shape index (κ3) is 6.28. The monoisotopic (exact) mass is 526 g/mol. The maximum absolute atomic E-state index is 12.9. The number of halogens is 1. The highest BCUT2D eigenvalue weighted by Crippen LogP contribution is 2.47. The summed E-state index contributed by atoms with van der Waals surface area (Å²) in [6, 6.07) is 19.4. The molecular weight excluding hydrogens is 492 g/mol. The number of ether oxygens (including phenoxy) is 1. The minimum Gasteiger partial charge on any atom is -0.469 e. The number of hydrogen-bond acceptors (Lipinski definition) is 4. The molecule has 1 aliphatic carbocycles. The molecule has 2 aromatic carbocycles. The van der Waals surface area contributed by atoms with E-state index in [0.717, 1.165) is 56.3 Å². The second kappa shape index (κ2) is 11.0. The zero-order chi connectivity index (χ0) is 24.1. The highest BCUT2D eigenvalue weighted by atomic mass is 79.9. The molecule has 0 N–H and O–H groups in total.